The van der Waals surface area contributed by atoms with Crippen LogP contribution >= 0.6 is 11.8 Å². The Kier molecular flexibility index (Phi) is 8.14. The predicted octanol–water partition coefficient (Wildman–Crippen LogP) is 3.23. The maximum Gasteiger partial charge on any atom is 0.233 e. The average molecular weight is 498 g/mol. The summed E-state index contributed by atoms with van der Waals surface area (Å²) >= 11 is 1.39. The Morgan fingerprint density at radius 1 is 1.11 bits per heavy atom. The number of methoxy groups -OCH3 is 2. The molecule has 1 aliphatic heterocycles. The number of benzene rings is 2. The van der Waals surface area contributed by atoms with Crippen LogP contribution in [0.2, 0.25) is 0 Å². The third-order valence-electron chi connectivity index (χ3n) is 5.83. The zero-order chi connectivity index (χ0) is 24.8. The molecule has 1 N–H and O–H groups in total. The summed E-state index contributed by atoms with van der Waals surface area (Å²) in [7, 11) is 3.19. The van der Waals surface area contributed by atoms with Crippen molar-refractivity contribution < 1.29 is 19.0 Å². The third kappa shape index (κ3) is 5.71. The molecule has 3 aromatic rings. The summed E-state index contributed by atoms with van der Waals surface area (Å²) in [5, 5.41) is 12.3. The molecule has 4 rings (SSSR count). The number of hydrogen-bond donors (Lipinski definition) is 1. The minimum atomic E-state index is -0.375. The predicted molar refractivity (Wildman–Crippen MR) is 136 cm³/mol. The smallest absolute Gasteiger partial charge is 0.233 e. The summed E-state index contributed by atoms with van der Waals surface area (Å²) in [5.74, 6) is 1.96. The van der Waals surface area contributed by atoms with Crippen molar-refractivity contribution in [3.05, 3.63) is 53.6 Å². The van der Waals surface area contributed by atoms with Crippen molar-refractivity contribution in [3.8, 4) is 17.2 Å². The van der Waals surface area contributed by atoms with Crippen LogP contribution < -0.4 is 19.7 Å². The second kappa shape index (κ2) is 11.5. The number of rotatable bonds is 9. The molecule has 10 heteroatoms. The van der Waals surface area contributed by atoms with Crippen molar-refractivity contribution in [1.82, 2.24) is 20.1 Å². The molecule has 35 heavy (non-hydrogen) atoms. The minimum Gasteiger partial charge on any atom is -0.493 e. The van der Waals surface area contributed by atoms with Crippen LogP contribution in [0.3, 0.4) is 0 Å². The van der Waals surface area contributed by atoms with Gasteiger partial charge in [-0.3, -0.25) is 9.36 Å². The molecule has 0 radical (unpaired) electrons. The quantitative estimate of drug-likeness (QED) is 0.451. The van der Waals surface area contributed by atoms with E-state index in [1.807, 2.05) is 41.8 Å². The molecule has 0 bridgehead atoms. The van der Waals surface area contributed by atoms with Crippen LogP contribution in [0.5, 0.6) is 11.5 Å². The van der Waals surface area contributed by atoms with Crippen molar-refractivity contribution in [2.75, 3.05) is 45.4 Å². The van der Waals surface area contributed by atoms with Gasteiger partial charge in [0.25, 0.3) is 0 Å². The average Bonchev–Trinajstić information content (AvgIpc) is 3.30. The fourth-order valence-corrected chi connectivity index (χ4v) is 4.75. The molecular formula is C25H31N5O4S. The number of morpholine rings is 1. The van der Waals surface area contributed by atoms with Crippen LogP contribution in [-0.2, 0) is 16.1 Å². The number of para-hydroxylation sites is 1. The summed E-state index contributed by atoms with van der Waals surface area (Å²) in [6.07, 6.45) is 0. The summed E-state index contributed by atoms with van der Waals surface area (Å²) < 4.78 is 18.2. The lowest BCUT2D eigenvalue weighted by Crippen LogP contribution is -2.38. The summed E-state index contributed by atoms with van der Waals surface area (Å²) in [5.41, 5.74) is 3.03. The highest BCUT2D eigenvalue weighted by Crippen LogP contribution is 2.31. The number of carbonyl (C=O) groups excluding carboxylic acids is 1. The maximum absolute atomic E-state index is 12.9. The number of amides is 1. The topological polar surface area (TPSA) is 90.7 Å². The highest BCUT2D eigenvalue weighted by Gasteiger charge is 2.25. The molecule has 0 saturated carbocycles. The van der Waals surface area contributed by atoms with Crippen molar-refractivity contribution in [2.45, 2.75) is 30.8 Å². The zero-order valence-corrected chi connectivity index (χ0v) is 21.3. The highest BCUT2D eigenvalue weighted by molar-refractivity contribution is 8.00. The Labute approximate surface area is 209 Å². The maximum atomic E-state index is 12.9. The molecule has 1 amide bonds. The Balaban J connectivity index is 1.50. The SMILES string of the molecule is COc1ccc(CNC(=O)C(C)Sc2nnc(N3CCOCC3)n2-c2ccccc2C)cc1OC. The monoisotopic (exact) mass is 497 g/mol. The Morgan fingerprint density at radius 3 is 2.57 bits per heavy atom. The molecular weight excluding hydrogens is 466 g/mol. The van der Waals surface area contributed by atoms with Crippen LogP contribution in [0.25, 0.3) is 5.69 Å². The number of thioether (sulfide) groups is 1. The van der Waals surface area contributed by atoms with E-state index >= 15 is 0 Å². The first-order valence-corrected chi connectivity index (χ1v) is 12.4. The van der Waals surface area contributed by atoms with E-state index in [1.165, 1.54) is 11.8 Å². The molecule has 186 valence electrons. The molecule has 9 nitrogen and oxygen atoms in total. The van der Waals surface area contributed by atoms with Crippen molar-refractivity contribution in [2.24, 2.45) is 0 Å². The van der Waals surface area contributed by atoms with Crippen LogP contribution in [0, 0.1) is 6.92 Å². The van der Waals surface area contributed by atoms with Crippen molar-refractivity contribution in [3.63, 3.8) is 0 Å². The lowest BCUT2D eigenvalue weighted by Gasteiger charge is -2.28. The number of anilines is 1. The van der Waals surface area contributed by atoms with Gasteiger partial charge >= 0.3 is 0 Å². The van der Waals surface area contributed by atoms with E-state index < -0.39 is 0 Å². The fraction of sp³-hybridized carbons (Fsp3) is 0.400. The molecule has 1 atom stereocenters. The van der Waals surface area contributed by atoms with E-state index in [0.29, 0.717) is 36.4 Å². The lowest BCUT2D eigenvalue weighted by atomic mass is 10.2. The molecule has 2 heterocycles. The molecule has 1 unspecified atom stereocenters. The van der Waals surface area contributed by atoms with Gasteiger partial charge in [0.15, 0.2) is 16.7 Å². The minimum absolute atomic E-state index is 0.0861. The van der Waals surface area contributed by atoms with E-state index in [4.69, 9.17) is 14.2 Å². The van der Waals surface area contributed by atoms with E-state index in [-0.39, 0.29) is 11.2 Å². The van der Waals surface area contributed by atoms with Crippen molar-refractivity contribution >= 4 is 23.6 Å². The fourth-order valence-electron chi connectivity index (χ4n) is 3.87. The standard InChI is InChI=1S/C25H31N5O4S/c1-17-7-5-6-8-20(17)30-24(29-11-13-34-14-12-29)27-28-25(30)35-18(2)23(31)26-16-19-9-10-21(32-3)22(15-19)33-4/h5-10,15,18H,11-14,16H2,1-4H3,(H,26,31). The van der Waals surface area contributed by atoms with Crippen molar-refractivity contribution in [1.29, 1.82) is 0 Å². The van der Waals surface area contributed by atoms with E-state index in [2.05, 4.69) is 39.5 Å². The molecule has 1 aromatic heterocycles. The number of ether oxygens (including phenoxy) is 3. The lowest BCUT2D eigenvalue weighted by molar-refractivity contribution is -0.120. The largest absolute Gasteiger partial charge is 0.493 e. The molecule has 1 saturated heterocycles. The van der Waals surface area contributed by atoms with Gasteiger partial charge in [-0.25, -0.2) is 0 Å². The van der Waals surface area contributed by atoms with Gasteiger partial charge in [0.1, 0.15) is 0 Å². The molecule has 2 aromatic carbocycles. The van der Waals surface area contributed by atoms with E-state index in [1.54, 1.807) is 14.2 Å². The first kappa shape index (κ1) is 24.9. The number of carbonyl (C=O) groups is 1. The molecule has 0 aliphatic carbocycles. The molecule has 1 aliphatic rings. The Morgan fingerprint density at radius 2 is 1.86 bits per heavy atom. The van der Waals surface area contributed by atoms with Gasteiger partial charge in [-0.2, -0.15) is 0 Å². The number of nitrogens with one attached hydrogen (secondary N) is 1. The summed E-state index contributed by atoms with van der Waals surface area (Å²) in [6.45, 7) is 7.11. The number of aromatic nitrogens is 3. The van der Waals surface area contributed by atoms with Crippen LogP contribution in [0.4, 0.5) is 5.95 Å². The first-order chi connectivity index (χ1) is 17.0. The molecule has 0 spiro atoms. The Hall–Kier alpha value is -3.24. The zero-order valence-electron chi connectivity index (χ0n) is 20.5. The van der Waals surface area contributed by atoms with Crippen LogP contribution in [0.15, 0.2) is 47.6 Å². The molecule has 1 fully saturated rings. The number of aryl methyl sites for hydroxylation is 1. The second-order valence-electron chi connectivity index (χ2n) is 8.17. The first-order valence-electron chi connectivity index (χ1n) is 11.5. The van der Waals surface area contributed by atoms with Gasteiger partial charge in [-0.1, -0.05) is 36.0 Å². The summed E-state index contributed by atoms with van der Waals surface area (Å²) in [4.78, 5) is 15.1. The third-order valence-corrected chi connectivity index (χ3v) is 6.88. The summed E-state index contributed by atoms with van der Waals surface area (Å²) in [6, 6.07) is 13.7. The Bertz CT molecular complexity index is 1160. The normalized spacial score (nSPS) is 14.5. The number of hydrogen-bond acceptors (Lipinski definition) is 8. The van der Waals surface area contributed by atoms with Gasteiger partial charge in [-0.15, -0.1) is 10.2 Å². The van der Waals surface area contributed by atoms with E-state index in [9.17, 15) is 4.79 Å². The van der Waals surface area contributed by atoms with Gasteiger partial charge in [-0.05, 0) is 43.2 Å². The second-order valence-corrected chi connectivity index (χ2v) is 9.48. The van der Waals surface area contributed by atoms with Gasteiger partial charge in [0.2, 0.25) is 11.9 Å². The van der Waals surface area contributed by atoms with Crippen LogP contribution in [0.1, 0.15) is 18.1 Å². The van der Waals surface area contributed by atoms with Crippen LogP contribution in [-0.4, -0.2) is 66.4 Å². The van der Waals surface area contributed by atoms with Gasteiger partial charge in [0.05, 0.1) is 38.4 Å². The van der Waals surface area contributed by atoms with Gasteiger partial charge in [0, 0.05) is 19.6 Å². The van der Waals surface area contributed by atoms with E-state index in [0.717, 1.165) is 35.9 Å². The number of nitrogens with zero attached hydrogens (tertiary/aromatic N) is 4. The van der Waals surface area contributed by atoms with Gasteiger partial charge < -0.3 is 24.4 Å². The highest BCUT2D eigenvalue weighted by atomic mass is 32.2.